The maximum atomic E-state index is 10.6. The van der Waals surface area contributed by atoms with Crippen LogP contribution >= 0.6 is 0 Å². The van der Waals surface area contributed by atoms with Gasteiger partial charge in [0.15, 0.2) is 18.9 Å². The van der Waals surface area contributed by atoms with Gasteiger partial charge in [0.25, 0.3) is 0 Å². The molecule has 4 unspecified atom stereocenters. The predicted octanol–water partition coefficient (Wildman–Crippen LogP) is -6.45. The quantitative estimate of drug-likeness (QED) is 0.0469. The van der Waals surface area contributed by atoms with E-state index in [0.717, 1.165) is 25.7 Å². The number of rotatable bonds is 18. The van der Waals surface area contributed by atoms with Gasteiger partial charge in [0.2, 0.25) is 0 Å². The minimum atomic E-state index is -1.77. The molecule has 0 aromatic rings. The van der Waals surface area contributed by atoms with E-state index in [9.17, 15) is 61.3 Å². The van der Waals surface area contributed by atoms with Gasteiger partial charge in [-0.1, -0.05) is 26.2 Å². The van der Waals surface area contributed by atoms with Gasteiger partial charge in [0.1, 0.15) is 79.5 Å². The van der Waals surface area contributed by atoms with E-state index in [1.807, 2.05) is 0 Å². The Morgan fingerprint density at radius 2 is 0.979 bits per heavy atom. The summed E-state index contributed by atoms with van der Waals surface area (Å²) in [7, 11) is 0. The van der Waals surface area contributed by atoms with Gasteiger partial charge in [-0.05, 0) is 13.0 Å². The number of hydrogen-bond acceptors (Lipinski definition) is 19. The predicted molar refractivity (Wildman–Crippen MR) is 154 cm³/mol. The first-order valence-corrected chi connectivity index (χ1v) is 15.9. The Kier molecular flexibility index (Phi) is 16.9. The molecule has 19 nitrogen and oxygen atoms in total. The average molecular weight is 692 g/mol. The molecule has 3 aliphatic heterocycles. The number of nitrogens with one attached hydrogen (secondary N) is 1. The van der Waals surface area contributed by atoms with Crippen LogP contribution in [0.15, 0.2) is 0 Å². The highest BCUT2D eigenvalue weighted by Crippen LogP contribution is 2.27. The molecule has 19 heteroatoms. The van der Waals surface area contributed by atoms with Crippen molar-refractivity contribution in [3.8, 4) is 0 Å². The van der Waals surface area contributed by atoms with Crippen LogP contribution < -0.4 is 5.32 Å². The lowest BCUT2D eigenvalue weighted by atomic mass is 9.97. The molecule has 3 heterocycles. The van der Waals surface area contributed by atoms with Gasteiger partial charge in [0, 0.05) is 5.92 Å². The first-order valence-electron chi connectivity index (χ1n) is 15.9. The highest BCUT2D eigenvalue weighted by Gasteiger charge is 2.48. The standard InChI is InChI=1S/C28H53NO18/c1-2-3-4-5-6-29-25(41)24-20(37)19(36)23(40)28(47-24)44-11-12(9-42-26-21(38)17(34)15(32)13(7-30)45-26)10-43-27-22(39)18(35)16(33)14(8-31)46-27/h12-41H,2-11H2,1H3/t12?,13-,14-,15+,16+,17+,18+,19+,20-,21-,22-,23-,24+,25?,26?,27?,28?/m1/s1. The van der Waals surface area contributed by atoms with Crippen molar-refractivity contribution in [3.63, 3.8) is 0 Å². The Morgan fingerprint density at radius 1 is 0.553 bits per heavy atom. The van der Waals surface area contributed by atoms with Gasteiger partial charge in [-0.15, -0.1) is 0 Å². The van der Waals surface area contributed by atoms with E-state index < -0.39 is 137 Å². The van der Waals surface area contributed by atoms with Crippen LogP contribution in [-0.4, -0.2) is 199 Å². The summed E-state index contributed by atoms with van der Waals surface area (Å²) >= 11 is 0. The van der Waals surface area contributed by atoms with Gasteiger partial charge < -0.3 is 89.7 Å². The molecule has 0 aliphatic carbocycles. The summed E-state index contributed by atoms with van der Waals surface area (Å²) in [4.78, 5) is 0. The van der Waals surface area contributed by atoms with Gasteiger partial charge in [-0.25, -0.2) is 0 Å². The number of unbranched alkanes of at least 4 members (excludes halogenated alkanes) is 3. The number of hydrogen-bond donors (Lipinski definition) is 13. The smallest absolute Gasteiger partial charge is 0.186 e. The van der Waals surface area contributed by atoms with Crippen molar-refractivity contribution in [1.29, 1.82) is 0 Å². The Balaban J connectivity index is 1.68. The van der Waals surface area contributed by atoms with E-state index in [0.29, 0.717) is 6.54 Å². The van der Waals surface area contributed by atoms with Crippen molar-refractivity contribution >= 4 is 0 Å². The molecule has 3 fully saturated rings. The molecule has 0 aromatic heterocycles. The molecule has 0 bridgehead atoms. The van der Waals surface area contributed by atoms with Crippen LogP contribution in [0.2, 0.25) is 0 Å². The Labute approximate surface area is 271 Å². The second-order valence-electron chi connectivity index (χ2n) is 12.2. The van der Waals surface area contributed by atoms with Crippen molar-refractivity contribution in [2.24, 2.45) is 5.92 Å². The van der Waals surface area contributed by atoms with Crippen molar-refractivity contribution < 1.29 is 89.7 Å². The molecule has 3 rings (SSSR count). The topological polar surface area (TPSA) is 310 Å². The van der Waals surface area contributed by atoms with Crippen LogP contribution in [0.4, 0.5) is 0 Å². The zero-order valence-corrected chi connectivity index (χ0v) is 26.2. The normalized spacial score (nSPS) is 42.7. The molecule has 47 heavy (non-hydrogen) atoms. The molecule has 3 aliphatic rings. The van der Waals surface area contributed by atoms with Gasteiger partial charge in [-0.2, -0.15) is 0 Å². The van der Waals surface area contributed by atoms with Crippen LogP contribution in [-0.2, 0) is 28.4 Å². The fourth-order valence-corrected chi connectivity index (χ4v) is 5.44. The monoisotopic (exact) mass is 691 g/mol. The van der Waals surface area contributed by atoms with E-state index in [1.54, 1.807) is 0 Å². The number of ether oxygens (including phenoxy) is 6. The van der Waals surface area contributed by atoms with Crippen molar-refractivity contribution in [1.82, 2.24) is 5.32 Å². The van der Waals surface area contributed by atoms with Crippen LogP contribution in [0.1, 0.15) is 32.6 Å². The summed E-state index contributed by atoms with van der Waals surface area (Å²) in [6.07, 6.45) is -21.8. The fraction of sp³-hybridized carbons (Fsp3) is 1.00. The maximum absolute atomic E-state index is 10.6. The number of aliphatic hydroxyl groups is 12. The highest BCUT2D eigenvalue weighted by molar-refractivity contribution is 4.93. The van der Waals surface area contributed by atoms with Gasteiger partial charge in [-0.3, -0.25) is 5.32 Å². The highest BCUT2D eigenvalue weighted by atomic mass is 16.7. The lowest BCUT2D eigenvalue weighted by molar-refractivity contribution is -0.325. The zero-order valence-electron chi connectivity index (χ0n) is 26.2. The van der Waals surface area contributed by atoms with Crippen molar-refractivity contribution in [3.05, 3.63) is 0 Å². The lowest BCUT2D eigenvalue weighted by Gasteiger charge is -2.42. The third kappa shape index (κ3) is 10.6. The maximum Gasteiger partial charge on any atom is 0.186 e. The van der Waals surface area contributed by atoms with Crippen LogP contribution in [0.3, 0.4) is 0 Å². The first kappa shape index (κ1) is 40.7. The third-order valence-corrected chi connectivity index (χ3v) is 8.49. The summed E-state index contributed by atoms with van der Waals surface area (Å²) in [5, 5.41) is 125. The minimum Gasteiger partial charge on any atom is -0.394 e. The Hall–Kier alpha value is -0.760. The van der Waals surface area contributed by atoms with Crippen LogP contribution in [0.5, 0.6) is 0 Å². The van der Waals surface area contributed by atoms with Crippen LogP contribution in [0, 0.1) is 5.92 Å². The largest absolute Gasteiger partial charge is 0.394 e. The average Bonchev–Trinajstić information content (AvgIpc) is 3.06. The summed E-state index contributed by atoms with van der Waals surface area (Å²) in [6, 6.07) is 0. The molecular formula is C28H53NO18. The minimum absolute atomic E-state index is 0.393. The number of aliphatic hydroxyl groups excluding tert-OH is 12. The zero-order chi connectivity index (χ0) is 34.8. The molecule has 16 atom stereocenters. The molecule has 0 saturated carbocycles. The van der Waals surface area contributed by atoms with Crippen molar-refractivity contribution in [2.45, 2.75) is 131 Å². The molecule has 0 amide bonds. The molecule has 278 valence electrons. The molecule has 13 N–H and O–H groups in total. The third-order valence-electron chi connectivity index (χ3n) is 8.49. The van der Waals surface area contributed by atoms with E-state index >= 15 is 0 Å². The second kappa shape index (κ2) is 19.6. The SMILES string of the molecule is CCCCCCNC(O)[C@H]1OC(OCC(COC2O[C@H](CO)[C@H](O)[C@H](O)[C@H]2O)COC2O[C@H](CO)[C@H](O)[C@H](O)[C@H]2O)[C@H](O)[C@@H](O)[C@H]1O. The molecule has 0 aromatic carbocycles. The van der Waals surface area contributed by atoms with Gasteiger partial charge >= 0.3 is 0 Å². The lowest BCUT2D eigenvalue weighted by Crippen LogP contribution is -2.63. The first-order chi connectivity index (χ1) is 22.4. The van der Waals surface area contributed by atoms with E-state index in [-0.39, 0.29) is 0 Å². The van der Waals surface area contributed by atoms with Crippen LogP contribution in [0.25, 0.3) is 0 Å². The van der Waals surface area contributed by atoms with E-state index in [4.69, 9.17) is 28.4 Å². The van der Waals surface area contributed by atoms with Gasteiger partial charge in [0.05, 0.1) is 33.0 Å². The second-order valence-corrected chi connectivity index (χ2v) is 12.2. The summed E-state index contributed by atoms with van der Waals surface area (Å²) in [5.41, 5.74) is 0. The summed E-state index contributed by atoms with van der Waals surface area (Å²) < 4.78 is 33.2. The van der Waals surface area contributed by atoms with Crippen molar-refractivity contribution in [2.75, 3.05) is 39.6 Å². The fourth-order valence-electron chi connectivity index (χ4n) is 5.44. The molecule has 3 saturated heterocycles. The van der Waals surface area contributed by atoms with E-state index in [2.05, 4.69) is 12.2 Å². The summed E-state index contributed by atoms with van der Waals surface area (Å²) in [6.45, 7) is -0.183. The summed E-state index contributed by atoms with van der Waals surface area (Å²) in [5.74, 6) is -0.922. The Bertz CT molecular complexity index is 835. The van der Waals surface area contributed by atoms with E-state index in [1.165, 1.54) is 0 Å². The Morgan fingerprint density at radius 3 is 1.40 bits per heavy atom. The molecular weight excluding hydrogens is 638 g/mol. The molecule has 0 spiro atoms. The molecule has 0 radical (unpaired) electrons.